The number of rotatable bonds is 5. The van der Waals surface area contributed by atoms with Gasteiger partial charge in [0.2, 0.25) is 16.4 Å². The first-order valence-corrected chi connectivity index (χ1v) is 12.0. The summed E-state index contributed by atoms with van der Waals surface area (Å²) in [6.45, 7) is 12.8. The van der Waals surface area contributed by atoms with E-state index in [4.69, 9.17) is 4.43 Å². The molecule has 0 spiro atoms. The monoisotopic (exact) mass is 304 g/mol. The third-order valence-corrected chi connectivity index (χ3v) is 6.47. The van der Waals surface area contributed by atoms with Crippen LogP contribution < -0.4 is 0 Å². The molecule has 0 heterocycles. The van der Waals surface area contributed by atoms with Crippen LogP contribution in [0.3, 0.4) is 0 Å². The van der Waals surface area contributed by atoms with Gasteiger partial charge in [-0.3, -0.25) is 4.57 Å². The second-order valence-electron chi connectivity index (χ2n) is 6.99. The summed E-state index contributed by atoms with van der Waals surface area (Å²) in [6, 6.07) is 0. The fourth-order valence-electron chi connectivity index (χ4n) is 2.44. The van der Waals surface area contributed by atoms with Crippen molar-refractivity contribution in [1.82, 2.24) is 0 Å². The summed E-state index contributed by atoms with van der Waals surface area (Å²) in [4.78, 5) is 9.90. The maximum atomic E-state index is 12.0. The van der Waals surface area contributed by atoms with E-state index >= 15 is 0 Å². The second-order valence-corrected chi connectivity index (χ2v) is 12.0. The van der Waals surface area contributed by atoms with Crippen molar-refractivity contribution in [2.75, 3.05) is 12.3 Å². The molecule has 5 heteroatoms. The van der Waals surface area contributed by atoms with Crippen LogP contribution in [-0.4, -0.2) is 26.3 Å². The fourth-order valence-corrected chi connectivity index (χ4v) is 4.40. The number of hydrogen-bond donors (Lipinski definition) is 1. The van der Waals surface area contributed by atoms with E-state index in [0.29, 0.717) is 18.2 Å². The SMILES string of the molecule is CCP(=O)(O)CC1=C(O[SiH](C)C)C[C@H](C(C)(C)C)C1. The highest BCUT2D eigenvalue weighted by Crippen LogP contribution is 2.49. The van der Waals surface area contributed by atoms with Crippen LogP contribution in [0.2, 0.25) is 13.1 Å². The minimum atomic E-state index is -3.00. The van der Waals surface area contributed by atoms with Gasteiger partial charge in [0, 0.05) is 18.7 Å². The van der Waals surface area contributed by atoms with Crippen molar-refractivity contribution in [3.05, 3.63) is 11.3 Å². The summed E-state index contributed by atoms with van der Waals surface area (Å²) in [5.41, 5.74) is 1.33. The molecule has 0 radical (unpaired) electrons. The lowest BCUT2D eigenvalue weighted by Gasteiger charge is -2.27. The molecule has 0 fully saturated rings. The lowest BCUT2D eigenvalue weighted by Crippen LogP contribution is -2.18. The molecule has 1 aliphatic carbocycles. The number of hydrogen-bond acceptors (Lipinski definition) is 2. The molecular formula is C14H29O3PSi. The summed E-state index contributed by atoms with van der Waals surface area (Å²) >= 11 is 0. The van der Waals surface area contributed by atoms with Crippen molar-refractivity contribution in [1.29, 1.82) is 0 Å². The van der Waals surface area contributed by atoms with Gasteiger partial charge < -0.3 is 9.32 Å². The lowest BCUT2D eigenvalue weighted by atomic mass is 9.79. The van der Waals surface area contributed by atoms with Crippen molar-refractivity contribution in [2.24, 2.45) is 11.3 Å². The maximum Gasteiger partial charge on any atom is 0.229 e. The third kappa shape index (κ3) is 5.09. The Bertz CT molecular complexity index is 396. The zero-order valence-electron chi connectivity index (χ0n) is 13.2. The second kappa shape index (κ2) is 6.15. The van der Waals surface area contributed by atoms with Gasteiger partial charge in [-0.2, -0.15) is 0 Å². The molecular weight excluding hydrogens is 275 g/mol. The van der Waals surface area contributed by atoms with E-state index in [1.54, 1.807) is 6.92 Å². The van der Waals surface area contributed by atoms with E-state index in [1.165, 1.54) is 0 Å². The molecule has 0 aromatic heterocycles. The topological polar surface area (TPSA) is 46.5 Å². The Morgan fingerprint density at radius 1 is 1.37 bits per heavy atom. The molecule has 0 aliphatic heterocycles. The molecule has 1 aliphatic rings. The molecule has 0 saturated carbocycles. The summed E-state index contributed by atoms with van der Waals surface area (Å²) in [5.74, 6) is 1.56. The molecule has 0 amide bonds. The Morgan fingerprint density at radius 3 is 2.37 bits per heavy atom. The van der Waals surface area contributed by atoms with Crippen LogP contribution in [0.4, 0.5) is 0 Å². The van der Waals surface area contributed by atoms with E-state index in [1.807, 2.05) is 0 Å². The Kier molecular flexibility index (Phi) is 5.50. The normalized spacial score (nSPS) is 23.9. The van der Waals surface area contributed by atoms with Gasteiger partial charge >= 0.3 is 0 Å². The Hall–Kier alpha value is -0.0531. The number of allylic oxidation sites excluding steroid dienone is 2. The molecule has 0 aromatic rings. The van der Waals surface area contributed by atoms with Crippen LogP contribution >= 0.6 is 7.37 Å². The van der Waals surface area contributed by atoms with Crippen molar-refractivity contribution >= 4 is 16.4 Å². The first-order valence-electron chi connectivity index (χ1n) is 7.23. The Morgan fingerprint density at radius 2 is 1.95 bits per heavy atom. The van der Waals surface area contributed by atoms with Crippen LogP contribution in [-0.2, 0) is 8.99 Å². The largest absolute Gasteiger partial charge is 0.550 e. The van der Waals surface area contributed by atoms with Crippen molar-refractivity contribution in [2.45, 2.75) is 53.6 Å². The summed E-state index contributed by atoms with van der Waals surface area (Å²) in [5, 5.41) is 0. The zero-order chi connectivity index (χ0) is 14.8. The molecule has 112 valence electrons. The standard InChI is InChI=1S/C14H29O3PSi/c1-7-18(15,16)10-11-8-12(14(2,3)4)9-13(11)17-19(5)6/h12,19H,7-10H2,1-6H3,(H,15,16)/t12-/m1/s1. The van der Waals surface area contributed by atoms with Gasteiger partial charge in [-0.05, 0) is 36.4 Å². The quantitative estimate of drug-likeness (QED) is 0.617. The minimum absolute atomic E-state index is 0.223. The minimum Gasteiger partial charge on any atom is -0.550 e. The molecule has 0 aromatic carbocycles. The van der Waals surface area contributed by atoms with E-state index in [-0.39, 0.29) is 5.41 Å². The van der Waals surface area contributed by atoms with Gasteiger partial charge in [0.25, 0.3) is 0 Å². The van der Waals surface area contributed by atoms with Gasteiger partial charge in [-0.1, -0.05) is 27.7 Å². The van der Waals surface area contributed by atoms with Crippen LogP contribution in [0, 0.1) is 11.3 Å². The van der Waals surface area contributed by atoms with Gasteiger partial charge in [0.05, 0.1) is 5.76 Å². The predicted molar refractivity (Wildman–Crippen MR) is 84.4 cm³/mol. The van der Waals surface area contributed by atoms with Crippen LogP contribution in [0.5, 0.6) is 0 Å². The molecule has 1 rings (SSSR count). The summed E-state index contributed by atoms with van der Waals surface area (Å²) < 4.78 is 18.0. The van der Waals surface area contributed by atoms with Gasteiger partial charge in [-0.25, -0.2) is 0 Å². The van der Waals surface area contributed by atoms with Crippen molar-refractivity contribution in [3.8, 4) is 0 Å². The maximum absolute atomic E-state index is 12.0. The molecule has 1 unspecified atom stereocenters. The molecule has 0 saturated heterocycles. The zero-order valence-corrected chi connectivity index (χ0v) is 15.2. The Balaban J connectivity index is 2.89. The first kappa shape index (κ1) is 17.0. The molecule has 1 N–H and O–H groups in total. The van der Waals surface area contributed by atoms with Gasteiger partial charge in [-0.15, -0.1) is 0 Å². The van der Waals surface area contributed by atoms with E-state index in [0.717, 1.165) is 24.2 Å². The first-order chi connectivity index (χ1) is 8.55. The molecule has 3 nitrogen and oxygen atoms in total. The van der Waals surface area contributed by atoms with Crippen molar-refractivity contribution < 1.29 is 13.9 Å². The highest BCUT2D eigenvalue weighted by atomic mass is 31.2. The van der Waals surface area contributed by atoms with Gasteiger partial charge in [0.1, 0.15) is 0 Å². The highest BCUT2D eigenvalue weighted by molar-refractivity contribution is 7.58. The third-order valence-electron chi connectivity index (χ3n) is 3.85. The molecule has 2 atom stereocenters. The van der Waals surface area contributed by atoms with Crippen LogP contribution in [0.15, 0.2) is 11.3 Å². The van der Waals surface area contributed by atoms with Crippen LogP contribution in [0.25, 0.3) is 0 Å². The average molecular weight is 304 g/mol. The fraction of sp³-hybridized carbons (Fsp3) is 0.857. The smallest absolute Gasteiger partial charge is 0.229 e. The van der Waals surface area contributed by atoms with Crippen molar-refractivity contribution in [3.63, 3.8) is 0 Å². The lowest BCUT2D eigenvalue weighted by molar-refractivity contribution is 0.237. The van der Waals surface area contributed by atoms with Crippen LogP contribution in [0.1, 0.15) is 40.5 Å². The Labute approximate surface area is 119 Å². The average Bonchev–Trinajstić information content (AvgIpc) is 2.59. The van der Waals surface area contributed by atoms with E-state index < -0.39 is 16.4 Å². The van der Waals surface area contributed by atoms with Gasteiger partial charge in [0.15, 0.2) is 0 Å². The molecule has 19 heavy (non-hydrogen) atoms. The molecule has 0 bridgehead atoms. The summed E-state index contributed by atoms with van der Waals surface area (Å²) in [7, 11) is -4.15. The van der Waals surface area contributed by atoms with E-state index in [2.05, 4.69) is 33.9 Å². The highest BCUT2D eigenvalue weighted by Gasteiger charge is 2.35. The predicted octanol–water partition coefficient (Wildman–Crippen LogP) is 3.99. The summed E-state index contributed by atoms with van der Waals surface area (Å²) in [6.07, 6.45) is 2.54. The van der Waals surface area contributed by atoms with E-state index in [9.17, 15) is 9.46 Å².